The first kappa shape index (κ1) is 33.3. The number of carboxylic acid groups (broad SMARTS) is 1. The third-order valence-electron chi connectivity index (χ3n) is 15.4. The van der Waals surface area contributed by atoms with Gasteiger partial charge < -0.3 is 5.11 Å². The Bertz CT molecular complexity index is 1860. The summed E-state index contributed by atoms with van der Waals surface area (Å²) in [5.74, 6) is 5.02. The number of carboxylic acids is 1. The summed E-state index contributed by atoms with van der Waals surface area (Å²) >= 11 is 0. The largest absolute Gasteiger partial charge is 0.481 e. The van der Waals surface area contributed by atoms with Gasteiger partial charge in [0.2, 0.25) is 0 Å². The van der Waals surface area contributed by atoms with Crippen molar-refractivity contribution >= 4 is 38.3 Å². The van der Waals surface area contributed by atoms with E-state index in [2.05, 4.69) is 89.2 Å². The van der Waals surface area contributed by atoms with Crippen molar-refractivity contribution in [1.82, 2.24) is 0 Å². The molecular weight excluding hydrogens is 597 g/mol. The third kappa shape index (κ3) is 5.54. The molecule has 260 valence electrons. The van der Waals surface area contributed by atoms with E-state index in [-0.39, 0.29) is 6.42 Å². The standard InChI is InChI=1S/C47H60O2/c1-29(2)9-6-10-30(3)40-21-22-41-38-20-18-35-27-33(23-25-46(35,4)42(38)24-26-47(40,41)5)39-28-34-16-15-31-11-7-12-32-17-19-37(45(34)44(31)32)36(39)13-8-14-43(48)49/h7,11-12,15-19,28-30,33,38,40-42H,6,8-10,13-14,20-27H2,1-5H3,(H,48,49)/t30-,33?,38?,40-,41?,42?,46+,47-/m1/s1. The van der Waals surface area contributed by atoms with E-state index >= 15 is 0 Å². The molecule has 4 aliphatic rings. The summed E-state index contributed by atoms with van der Waals surface area (Å²) in [6.07, 6.45) is 19.5. The van der Waals surface area contributed by atoms with Crippen molar-refractivity contribution in [1.29, 1.82) is 0 Å². The predicted octanol–water partition coefficient (Wildman–Crippen LogP) is 13.1. The molecule has 0 aliphatic heterocycles. The number of rotatable bonds is 10. The number of carbonyl (C=O) groups is 1. The summed E-state index contributed by atoms with van der Waals surface area (Å²) in [5, 5.41) is 17.6. The van der Waals surface area contributed by atoms with Crippen LogP contribution in [0.25, 0.3) is 32.3 Å². The predicted molar refractivity (Wildman–Crippen MR) is 207 cm³/mol. The molecule has 0 amide bonds. The second-order valence-electron chi connectivity index (χ2n) is 18.3. The fourth-order valence-electron chi connectivity index (χ4n) is 12.9. The molecule has 0 radical (unpaired) electrons. The maximum Gasteiger partial charge on any atom is 0.303 e. The van der Waals surface area contributed by atoms with Crippen molar-refractivity contribution < 1.29 is 9.90 Å². The van der Waals surface area contributed by atoms with Gasteiger partial charge in [0, 0.05) is 6.42 Å². The molecule has 49 heavy (non-hydrogen) atoms. The summed E-state index contributed by atoms with van der Waals surface area (Å²) < 4.78 is 0. The van der Waals surface area contributed by atoms with Crippen LogP contribution in [-0.2, 0) is 11.2 Å². The summed E-state index contributed by atoms with van der Waals surface area (Å²) in [5.41, 5.74) is 5.55. The lowest BCUT2D eigenvalue weighted by Gasteiger charge is -2.58. The van der Waals surface area contributed by atoms with E-state index < -0.39 is 5.97 Å². The molecule has 4 aromatic rings. The van der Waals surface area contributed by atoms with Gasteiger partial charge in [0.25, 0.3) is 0 Å². The van der Waals surface area contributed by atoms with Crippen LogP contribution in [0, 0.1) is 46.3 Å². The summed E-state index contributed by atoms with van der Waals surface area (Å²) in [6.45, 7) is 12.8. The number of hydrogen-bond acceptors (Lipinski definition) is 1. The molecule has 8 atom stereocenters. The fraction of sp³-hybridized carbons (Fsp3) is 0.596. The van der Waals surface area contributed by atoms with Gasteiger partial charge in [0.05, 0.1) is 0 Å². The minimum Gasteiger partial charge on any atom is -0.481 e. The molecule has 0 saturated heterocycles. The lowest BCUT2D eigenvalue weighted by molar-refractivity contribution is -0.137. The van der Waals surface area contributed by atoms with Gasteiger partial charge in [0.15, 0.2) is 0 Å². The number of fused-ring (bicyclic) bond motifs is 5. The first-order chi connectivity index (χ1) is 23.6. The zero-order chi connectivity index (χ0) is 34.1. The average Bonchev–Trinajstić information content (AvgIpc) is 3.44. The van der Waals surface area contributed by atoms with Crippen molar-refractivity contribution in [2.75, 3.05) is 0 Å². The zero-order valence-electron chi connectivity index (χ0n) is 31.0. The minimum atomic E-state index is -0.688. The first-order valence-electron chi connectivity index (χ1n) is 20.2. The Morgan fingerprint density at radius 2 is 1.63 bits per heavy atom. The number of hydrogen-bond donors (Lipinski definition) is 1. The van der Waals surface area contributed by atoms with Crippen LogP contribution in [0.1, 0.15) is 135 Å². The Kier molecular flexibility index (Phi) is 8.64. The number of aryl methyl sites for hydroxylation is 1. The monoisotopic (exact) mass is 656 g/mol. The van der Waals surface area contributed by atoms with Crippen molar-refractivity contribution in [3.8, 4) is 0 Å². The van der Waals surface area contributed by atoms with Gasteiger partial charge in [0.1, 0.15) is 0 Å². The Hall–Kier alpha value is -2.87. The van der Waals surface area contributed by atoms with Crippen LogP contribution in [0.4, 0.5) is 0 Å². The molecule has 0 aromatic heterocycles. The topological polar surface area (TPSA) is 37.3 Å². The van der Waals surface area contributed by atoms with Crippen molar-refractivity contribution in [2.45, 2.75) is 130 Å². The lowest BCUT2D eigenvalue weighted by Crippen LogP contribution is -2.50. The van der Waals surface area contributed by atoms with E-state index in [0.717, 1.165) is 41.9 Å². The van der Waals surface area contributed by atoms with Gasteiger partial charge in [-0.15, -0.1) is 0 Å². The molecule has 8 rings (SSSR count). The highest BCUT2D eigenvalue weighted by atomic mass is 16.4. The van der Waals surface area contributed by atoms with E-state index in [1.54, 1.807) is 5.57 Å². The van der Waals surface area contributed by atoms with Gasteiger partial charge in [-0.05, 0) is 160 Å². The van der Waals surface area contributed by atoms with Crippen LogP contribution in [0.15, 0.2) is 60.2 Å². The molecule has 0 spiro atoms. The highest BCUT2D eigenvalue weighted by molar-refractivity contribution is 6.23. The molecule has 0 heterocycles. The molecule has 2 heteroatoms. The molecule has 1 N–H and O–H groups in total. The van der Waals surface area contributed by atoms with Gasteiger partial charge in [-0.3, -0.25) is 4.79 Å². The number of benzene rings is 4. The van der Waals surface area contributed by atoms with Gasteiger partial charge in [-0.1, -0.05) is 114 Å². The van der Waals surface area contributed by atoms with Crippen LogP contribution in [-0.4, -0.2) is 11.1 Å². The Balaban J connectivity index is 1.09. The maximum atomic E-state index is 11.6. The molecule has 2 nitrogen and oxygen atoms in total. The molecular formula is C47H60O2. The summed E-state index contributed by atoms with van der Waals surface area (Å²) in [4.78, 5) is 11.6. The van der Waals surface area contributed by atoms with E-state index in [4.69, 9.17) is 0 Å². The molecule has 3 fully saturated rings. The lowest BCUT2D eigenvalue weighted by atomic mass is 9.46. The van der Waals surface area contributed by atoms with Crippen molar-refractivity contribution in [2.24, 2.45) is 46.3 Å². The molecule has 0 bridgehead atoms. The van der Waals surface area contributed by atoms with E-state index in [1.807, 2.05) is 0 Å². The van der Waals surface area contributed by atoms with Gasteiger partial charge in [-0.2, -0.15) is 0 Å². The highest BCUT2D eigenvalue weighted by Gasteiger charge is 2.59. The Labute approximate surface area is 295 Å². The van der Waals surface area contributed by atoms with Gasteiger partial charge >= 0.3 is 5.97 Å². The quantitative estimate of drug-likeness (QED) is 0.136. The Morgan fingerprint density at radius 1 is 0.857 bits per heavy atom. The molecule has 4 unspecified atom stereocenters. The fourth-order valence-corrected chi connectivity index (χ4v) is 12.9. The second-order valence-corrected chi connectivity index (χ2v) is 18.3. The van der Waals surface area contributed by atoms with Crippen molar-refractivity contribution in [3.63, 3.8) is 0 Å². The SMILES string of the molecule is CC(C)CCC[C@@H](C)[C@H]1CCC2C3CC=C4CC(c5cc6ccc7cccc8ccc(c5CCCC(=O)O)c6c78)CC[C@]4(C)C3CC[C@@]21C. The second kappa shape index (κ2) is 12.7. The maximum absolute atomic E-state index is 11.6. The van der Waals surface area contributed by atoms with Crippen LogP contribution >= 0.6 is 0 Å². The number of allylic oxidation sites excluding steroid dienone is 2. The van der Waals surface area contributed by atoms with E-state index in [9.17, 15) is 9.90 Å². The zero-order valence-corrected chi connectivity index (χ0v) is 31.0. The molecule has 4 aromatic carbocycles. The van der Waals surface area contributed by atoms with E-state index in [1.165, 1.54) is 114 Å². The van der Waals surface area contributed by atoms with Crippen LogP contribution < -0.4 is 0 Å². The smallest absolute Gasteiger partial charge is 0.303 e. The van der Waals surface area contributed by atoms with Crippen LogP contribution in [0.3, 0.4) is 0 Å². The van der Waals surface area contributed by atoms with Crippen LogP contribution in [0.2, 0.25) is 0 Å². The van der Waals surface area contributed by atoms with E-state index in [0.29, 0.717) is 23.2 Å². The summed E-state index contributed by atoms with van der Waals surface area (Å²) in [7, 11) is 0. The minimum absolute atomic E-state index is 0.232. The summed E-state index contributed by atoms with van der Waals surface area (Å²) in [6, 6.07) is 18.4. The molecule has 4 aliphatic carbocycles. The normalized spacial score (nSPS) is 32.0. The number of aliphatic carboxylic acids is 1. The molecule has 3 saturated carbocycles. The van der Waals surface area contributed by atoms with Gasteiger partial charge in [-0.25, -0.2) is 0 Å². The Morgan fingerprint density at radius 3 is 2.41 bits per heavy atom. The average molecular weight is 657 g/mol. The van der Waals surface area contributed by atoms with Crippen LogP contribution in [0.5, 0.6) is 0 Å². The highest BCUT2D eigenvalue weighted by Crippen LogP contribution is 2.68. The first-order valence-corrected chi connectivity index (χ1v) is 20.2. The third-order valence-corrected chi connectivity index (χ3v) is 15.4. The van der Waals surface area contributed by atoms with Crippen molar-refractivity contribution in [3.05, 3.63) is 71.3 Å².